The van der Waals surface area contributed by atoms with Crippen LogP contribution in [-0.4, -0.2) is 54.0 Å². The van der Waals surface area contributed by atoms with Crippen molar-refractivity contribution < 1.29 is 19.1 Å². The maximum Gasteiger partial charge on any atom is 0.320 e. The van der Waals surface area contributed by atoms with E-state index in [9.17, 15) is 14.4 Å². The first kappa shape index (κ1) is 27.9. The van der Waals surface area contributed by atoms with E-state index in [0.717, 1.165) is 61.0 Å². The van der Waals surface area contributed by atoms with E-state index < -0.39 is 5.91 Å². The third kappa shape index (κ3) is 6.45. The summed E-state index contributed by atoms with van der Waals surface area (Å²) >= 11 is 0. The average Bonchev–Trinajstić information content (AvgIpc) is 3.18. The lowest BCUT2D eigenvalue weighted by Gasteiger charge is -2.31. The second-order valence-corrected chi connectivity index (χ2v) is 11.5. The Hall–Kier alpha value is -3.17. The highest BCUT2D eigenvalue weighted by Crippen LogP contribution is 2.38. The van der Waals surface area contributed by atoms with Crippen molar-refractivity contribution in [2.45, 2.75) is 77.9 Å². The number of benzene rings is 1. The number of ether oxygens (including phenoxy) is 1. The Morgan fingerprint density at radius 1 is 1.16 bits per heavy atom. The standard InChI is InChI=1S/C29H41N5O4/c1-18-17-34(24-14-29(2,3)15-25(35)27(18)24)20-7-10-22(28(31)37)23(13-20)33-19-5-8-21(9-6-19)38-26(36)16-32-12-4-11-30/h7,10,13,17,19,21,32-33H,4-6,8-9,11-12,14-16,30H2,1-3H3,(H2,31,37)/t19-,21-. The highest BCUT2D eigenvalue weighted by atomic mass is 16.5. The number of hydrogen-bond acceptors (Lipinski definition) is 7. The molecule has 9 heteroatoms. The number of anilines is 1. The molecule has 0 radical (unpaired) electrons. The normalized spacial score (nSPS) is 20.6. The van der Waals surface area contributed by atoms with E-state index in [2.05, 4.69) is 29.0 Å². The van der Waals surface area contributed by atoms with Crippen molar-refractivity contribution >= 4 is 23.3 Å². The molecule has 1 saturated carbocycles. The predicted molar refractivity (Wildman–Crippen MR) is 148 cm³/mol. The number of aryl methyl sites for hydroxylation is 1. The highest BCUT2D eigenvalue weighted by molar-refractivity contribution is 6.01. The number of nitrogens with zero attached hydrogens (tertiary/aromatic N) is 1. The first-order valence-corrected chi connectivity index (χ1v) is 13.6. The molecule has 1 fully saturated rings. The minimum Gasteiger partial charge on any atom is -0.461 e. The molecule has 0 spiro atoms. The van der Waals surface area contributed by atoms with Crippen molar-refractivity contribution in [3.8, 4) is 5.69 Å². The molecule has 0 aliphatic heterocycles. The Balaban J connectivity index is 1.46. The molecule has 1 aromatic heterocycles. The Morgan fingerprint density at radius 2 is 1.89 bits per heavy atom. The number of rotatable bonds is 10. The summed E-state index contributed by atoms with van der Waals surface area (Å²) in [5.41, 5.74) is 15.9. The van der Waals surface area contributed by atoms with Crippen molar-refractivity contribution in [1.82, 2.24) is 9.88 Å². The van der Waals surface area contributed by atoms with Crippen LogP contribution in [-0.2, 0) is 16.0 Å². The number of Topliss-reactive ketones (excluding diaryl/α,β-unsaturated/α-hetero) is 1. The van der Waals surface area contributed by atoms with E-state index in [1.54, 1.807) is 6.07 Å². The van der Waals surface area contributed by atoms with Crippen molar-refractivity contribution in [2.24, 2.45) is 16.9 Å². The summed E-state index contributed by atoms with van der Waals surface area (Å²) in [7, 11) is 0. The molecule has 2 aliphatic rings. The van der Waals surface area contributed by atoms with E-state index >= 15 is 0 Å². The molecule has 1 heterocycles. The lowest BCUT2D eigenvalue weighted by Crippen LogP contribution is -2.34. The van der Waals surface area contributed by atoms with Gasteiger partial charge in [-0.3, -0.25) is 14.4 Å². The van der Waals surface area contributed by atoms with Crippen LogP contribution in [0, 0.1) is 12.3 Å². The summed E-state index contributed by atoms with van der Waals surface area (Å²) in [6, 6.07) is 5.71. The SMILES string of the molecule is Cc1cn(-c2ccc(C(N)=O)c(N[C@H]3CC[C@H](OC(=O)CNCCCN)CC3)c2)c2c1C(=O)CC(C)(C)C2. The molecule has 38 heavy (non-hydrogen) atoms. The fourth-order valence-corrected chi connectivity index (χ4v) is 5.71. The number of carbonyl (C=O) groups is 3. The quantitative estimate of drug-likeness (QED) is 0.277. The summed E-state index contributed by atoms with van der Waals surface area (Å²) in [5, 5.41) is 6.58. The van der Waals surface area contributed by atoms with Gasteiger partial charge in [0.1, 0.15) is 6.10 Å². The lowest BCUT2D eigenvalue weighted by molar-refractivity contribution is -0.149. The van der Waals surface area contributed by atoms with Gasteiger partial charge in [-0.15, -0.1) is 0 Å². The van der Waals surface area contributed by atoms with Gasteiger partial charge in [-0.05, 0) is 87.7 Å². The van der Waals surface area contributed by atoms with E-state index in [4.69, 9.17) is 16.2 Å². The van der Waals surface area contributed by atoms with Gasteiger partial charge in [-0.25, -0.2) is 0 Å². The molecule has 0 saturated heterocycles. The lowest BCUT2D eigenvalue weighted by atomic mass is 9.75. The van der Waals surface area contributed by atoms with Gasteiger partial charge in [0.2, 0.25) is 0 Å². The first-order chi connectivity index (χ1) is 18.1. The van der Waals surface area contributed by atoms with E-state index in [1.807, 2.05) is 25.3 Å². The number of carbonyl (C=O) groups excluding carboxylic acids is 3. The van der Waals surface area contributed by atoms with Crippen LogP contribution >= 0.6 is 0 Å². The first-order valence-electron chi connectivity index (χ1n) is 13.6. The van der Waals surface area contributed by atoms with Crippen LogP contribution < -0.4 is 22.1 Å². The van der Waals surface area contributed by atoms with Crippen molar-refractivity contribution in [2.75, 3.05) is 25.0 Å². The molecular formula is C29H41N5O4. The monoisotopic (exact) mass is 523 g/mol. The number of aromatic nitrogens is 1. The Labute approximate surface area is 224 Å². The van der Waals surface area contributed by atoms with Crippen molar-refractivity contribution in [3.05, 3.63) is 46.8 Å². The van der Waals surface area contributed by atoms with Gasteiger partial charge in [0.05, 0.1) is 12.1 Å². The molecule has 9 nitrogen and oxygen atoms in total. The van der Waals surface area contributed by atoms with Crippen LogP contribution in [0.5, 0.6) is 0 Å². The number of ketones is 1. The smallest absolute Gasteiger partial charge is 0.320 e. The Kier molecular flexibility index (Phi) is 8.57. The third-order valence-electron chi connectivity index (χ3n) is 7.57. The largest absolute Gasteiger partial charge is 0.461 e. The summed E-state index contributed by atoms with van der Waals surface area (Å²) in [6.07, 6.45) is 7.18. The summed E-state index contributed by atoms with van der Waals surface area (Å²) in [4.78, 5) is 37.2. The van der Waals surface area contributed by atoms with Gasteiger partial charge >= 0.3 is 5.97 Å². The number of esters is 1. The van der Waals surface area contributed by atoms with Crippen LogP contribution in [0.25, 0.3) is 5.69 Å². The number of amides is 1. The molecule has 4 rings (SSSR count). The summed E-state index contributed by atoms with van der Waals surface area (Å²) < 4.78 is 7.70. The van der Waals surface area contributed by atoms with Crippen molar-refractivity contribution in [1.29, 1.82) is 0 Å². The van der Waals surface area contributed by atoms with Crippen LogP contribution in [0.4, 0.5) is 5.69 Å². The number of primary amides is 1. The predicted octanol–water partition coefficient (Wildman–Crippen LogP) is 3.24. The van der Waals surface area contributed by atoms with Gasteiger partial charge < -0.3 is 31.4 Å². The summed E-state index contributed by atoms with van der Waals surface area (Å²) in [5.74, 6) is -0.552. The molecule has 0 bridgehead atoms. The molecular weight excluding hydrogens is 482 g/mol. The fraction of sp³-hybridized carbons (Fsp3) is 0.552. The molecule has 2 aromatic rings. The zero-order valence-corrected chi connectivity index (χ0v) is 22.8. The third-order valence-corrected chi connectivity index (χ3v) is 7.57. The Bertz CT molecular complexity index is 1190. The minimum atomic E-state index is -0.495. The van der Waals surface area contributed by atoms with Crippen LogP contribution in [0.1, 0.15) is 84.3 Å². The highest BCUT2D eigenvalue weighted by Gasteiger charge is 2.35. The second-order valence-electron chi connectivity index (χ2n) is 11.5. The van der Waals surface area contributed by atoms with E-state index in [0.29, 0.717) is 30.8 Å². The summed E-state index contributed by atoms with van der Waals surface area (Å²) in [6.45, 7) is 7.70. The number of hydrogen-bond donors (Lipinski definition) is 4. The van der Waals surface area contributed by atoms with E-state index in [1.165, 1.54) is 0 Å². The van der Waals surface area contributed by atoms with Crippen LogP contribution in [0.15, 0.2) is 24.4 Å². The second kappa shape index (κ2) is 11.7. The van der Waals surface area contributed by atoms with Gasteiger partial charge in [0.15, 0.2) is 5.78 Å². The molecule has 6 N–H and O–H groups in total. The topological polar surface area (TPSA) is 141 Å². The van der Waals surface area contributed by atoms with E-state index in [-0.39, 0.29) is 35.9 Å². The fourth-order valence-electron chi connectivity index (χ4n) is 5.71. The molecule has 0 unspecified atom stereocenters. The Morgan fingerprint density at radius 3 is 2.58 bits per heavy atom. The molecule has 206 valence electrons. The van der Waals surface area contributed by atoms with Crippen molar-refractivity contribution in [3.63, 3.8) is 0 Å². The zero-order chi connectivity index (χ0) is 27.4. The van der Waals surface area contributed by atoms with Gasteiger partial charge in [-0.2, -0.15) is 0 Å². The number of nitrogens with two attached hydrogens (primary N) is 2. The molecule has 1 amide bonds. The maximum atomic E-state index is 12.9. The van der Waals surface area contributed by atoms with Gasteiger partial charge in [-0.1, -0.05) is 13.8 Å². The van der Waals surface area contributed by atoms with Gasteiger partial charge in [0, 0.05) is 41.3 Å². The average molecular weight is 524 g/mol. The van der Waals surface area contributed by atoms with Crippen LogP contribution in [0.3, 0.4) is 0 Å². The van der Waals surface area contributed by atoms with Gasteiger partial charge in [0.25, 0.3) is 5.91 Å². The molecule has 1 aromatic carbocycles. The minimum absolute atomic E-state index is 0.103. The maximum absolute atomic E-state index is 12.9. The molecule has 0 atom stereocenters. The zero-order valence-electron chi connectivity index (χ0n) is 22.8. The van der Waals surface area contributed by atoms with Crippen LogP contribution in [0.2, 0.25) is 0 Å². The number of fused-ring (bicyclic) bond motifs is 1. The molecule has 2 aliphatic carbocycles. The number of nitrogens with one attached hydrogen (secondary N) is 2.